The Labute approximate surface area is 282 Å². The number of hydrogen-bond donors (Lipinski definition) is 5. The van der Waals surface area contributed by atoms with Gasteiger partial charge in [-0.15, -0.1) is 0 Å². The summed E-state index contributed by atoms with van der Waals surface area (Å²) in [4.78, 5) is 109. The smallest absolute Gasteiger partial charge is 0.323 e. The number of aromatic nitrogens is 4. The second kappa shape index (κ2) is 17.6. The largest absolute Gasteiger partial charge is 0.480 e. The number of carbonyl (C=O) groups excluding carboxylic acids is 4. The van der Waals surface area contributed by atoms with Gasteiger partial charge in [-0.05, 0) is 12.8 Å². The lowest BCUT2D eigenvalue weighted by molar-refractivity contribution is -0.150. The molecule has 0 radical (unpaired) electrons. The molecule has 268 valence electrons. The molecule has 2 aromatic heterocycles. The summed E-state index contributed by atoms with van der Waals surface area (Å²) in [6.45, 7) is -5.57. The van der Waals surface area contributed by atoms with Gasteiger partial charge in [-0.3, -0.25) is 33.6 Å². The van der Waals surface area contributed by atoms with Gasteiger partial charge in [-0.25, -0.2) is 14.8 Å². The monoisotopic (exact) mass is 702 g/mol. The number of likely N-dealkylation sites (tertiary alicyclic amines) is 1. The van der Waals surface area contributed by atoms with E-state index in [0.717, 1.165) is 4.90 Å². The van der Waals surface area contributed by atoms with Crippen molar-refractivity contribution >= 4 is 47.6 Å². The molecule has 1 aliphatic heterocycles. The standard InChI is InChI=1S/C28H34N10O12/c29-8-18-2-1-5-38(18)21(39)9-32-28(50)37(10-19-30-3-6-33(19)12-22(40)35(14-24(42)43)15-25(44)45)11-20-31-4-7-34(20)13-23(41)36(16-26(46)47)17-27(48)49/h3-4,6-7,18H,1-2,5,9-17H2,(H,32,50)(H,42,43)(H,44,45)(H,46,47)(H,48,49)/t18-/m0/s1. The minimum absolute atomic E-state index is 0.0674. The van der Waals surface area contributed by atoms with Crippen LogP contribution in [0, 0.1) is 11.3 Å². The first-order chi connectivity index (χ1) is 23.7. The fraction of sp³-hybridized carbons (Fsp3) is 0.464. The average Bonchev–Trinajstić information content (AvgIpc) is 3.79. The van der Waals surface area contributed by atoms with Crippen molar-refractivity contribution in [1.82, 2.24) is 44.0 Å². The van der Waals surface area contributed by atoms with Crippen molar-refractivity contribution < 1.29 is 58.8 Å². The summed E-state index contributed by atoms with van der Waals surface area (Å²) in [5.74, 6) is -7.92. The van der Waals surface area contributed by atoms with Crippen LogP contribution in [0.3, 0.4) is 0 Å². The summed E-state index contributed by atoms with van der Waals surface area (Å²) in [7, 11) is 0. The van der Waals surface area contributed by atoms with Gasteiger partial charge in [0.1, 0.15) is 57.0 Å². The summed E-state index contributed by atoms with van der Waals surface area (Å²) in [5, 5.41) is 48.3. The van der Waals surface area contributed by atoms with Crippen LogP contribution in [0.4, 0.5) is 4.79 Å². The van der Waals surface area contributed by atoms with Crippen LogP contribution < -0.4 is 5.32 Å². The Bertz CT molecular complexity index is 1540. The van der Waals surface area contributed by atoms with Crippen molar-refractivity contribution in [3.8, 4) is 6.07 Å². The van der Waals surface area contributed by atoms with Crippen LogP contribution in [0.1, 0.15) is 24.5 Å². The van der Waals surface area contributed by atoms with Crippen LogP contribution in [-0.4, -0.2) is 152 Å². The number of nitrogens with zero attached hydrogens (tertiary/aromatic N) is 9. The van der Waals surface area contributed by atoms with Gasteiger partial charge >= 0.3 is 29.9 Å². The predicted molar refractivity (Wildman–Crippen MR) is 161 cm³/mol. The van der Waals surface area contributed by atoms with Crippen molar-refractivity contribution in [3.63, 3.8) is 0 Å². The third kappa shape index (κ3) is 11.0. The average molecular weight is 703 g/mol. The molecule has 0 aromatic carbocycles. The maximum atomic E-state index is 13.5. The molecule has 1 aliphatic rings. The Balaban J connectivity index is 1.85. The molecular formula is C28H34N10O12. The molecule has 22 heteroatoms. The fourth-order valence-corrected chi connectivity index (χ4v) is 4.99. The molecule has 0 aliphatic carbocycles. The van der Waals surface area contributed by atoms with Crippen molar-refractivity contribution in [2.75, 3.05) is 39.3 Å². The van der Waals surface area contributed by atoms with Gasteiger partial charge in [0.2, 0.25) is 17.7 Å². The van der Waals surface area contributed by atoms with Crippen LogP contribution in [0.15, 0.2) is 24.8 Å². The third-order valence-corrected chi connectivity index (χ3v) is 7.29. The Hall–Kier alpha value is -6.53. The first-order valence-electron chi connectivity index (χ1n) is 14.8. The van der Waals surface area contributed by atoms with Gasteiger partial charge in [0.15, 0.2) is 0 Å². The van der Waals surface area contributed by atoms with E-state index >= 15 is 0 Å². The molecule has 3 heterocycles. The lowest BCUT2D eigenvalue weighted by Gasteiger charge is -2.25. The van der Waals surface area contributed by atoms with Gasteiger partial charge in [-0.1, -0.05) is 0 Å². The number of aliphatic carboxylic acids is 4. The van der Waals surface area contributed by atoms with E-state index in [9.17, 15) is 43.6 Å². The molecule has 0 bridgehead atoms. The maximum Gasteiger partial charge on any atom is 0.323 e. The number of urea groups is 1. The van der Waals surface area contributed by atoms with E-state index in [2.05, 4.69) is 15.3 Å². The summed E-state index contributed by atoms with van der Waals surface area (Å²) in [6.07, 6.45) is 6.31. The third-order valence-electron chi connectivity index (χ3n) is 7.29. The van der Waals surface area contributed by atoms with Crippen LogP contribution in [-0.2, 0) is 59.7 Å². The minimum atomic E-state index is -1.44. The van der Waals surface area contributed by atoms with E-state index in [1.54, 1.807) is 0 Å². The lowest BCUT2D eigenvalue weighted by atomic mass is 10.2. The topological polar surface area (TPSA) is 302 Å². The highest BCUT2D eigenvalue weighted by Gasteiger charge is 2.30. The number of carboxylic acid groups (broad SMARTS) is 4. The Kier molecular flexibility index (Phi) is 13.3. The fourth-order valence-electron chi connectivity index (χ4n) is 4.99. The van der Waals surface area contributed by atoms with E-state index < -0.39 is 99.5 Å². The van der Waals surface area contributed by atoms with E-state index in [1.807, 2.05) is 6.07 Å². The number of amides is 5. The van der Waals surface area contributed by atoms with Crippen molar-refractivity contribution in [2.45, 2.75) is 45.1 Å². The lowest BCUT2D eigenvalue weighted by Crippen LogP contribution is -2.46. The first-order valence-corrected chi connectivity index (χ1v) is 14.8. The highest BCUT2D eigenvalue weighted by molar-refractivity contribution is 5.86. The predicted octanol–water partition coefficient (Wildman–Crippen LogP) is -2.70. The number of imidazole rings is 2. The molecule has 0 spiro atoms. The van der Waals surface area contributed by atoms with Gasteiger partial charge in [0.05, 0.1) is 25.7 Å². The summed E-state index contributed by atoms with van der Waals surface area (Å²) >= 11 is 0. The van der Waals surface area contributed by atoms with Gasteiger partial charge in [0.25, 0.3) is 0 Å². The zero-order chi connectivity index (χ0) is 37.0. The Morgan fingerprint density at radius 1 is 0.760 bits per heavy atom. The molecule has 0 unspecified atom stereocenters. The minimum Gasteiger partial charge on any atom is -0.480 e. The van der Waals surface area contributed by atoms with Crippen LogP contribution in [0.25, 0.3) is 0 Å². The molecule has 5 N–H and O–H groups in total. The summed E-state index contributed by atoms with van der Waals surface area (Å²) in [5.41, 5.74) is 0. The molecule has 22 nitrogen and oxygen atoms in total. The van der Waals surface area contributed by atoms with Gasteiger partial charge < -0.3 is 54.5 Å². The van der Waals surface area contributed by atoms with E-state index in [-0.39, 0.29) is 24.7 Å². The molecule has 1 fully saturated rings. The zero-order valence-electron chi connectivity index (χ0n) is 26.5. The summed E-state index contributed by atoms with van der Waals surface area (Å²) in [6, 6.07) is 0.546. The number of carboxylic acids is 4. The van der Waals surface area contributed by atoms with Crippen LogP contribution in [0.2, 0.25) is 0 Å². The second-order valence-corrected chi connectivity index (χ2v) is 10.9. The van der Waals surface area contributed by atoms with E-state index in [0.29, 0.717) is 29.2 Å². The quantitative estimate of drug-likeness (QED) is 0.106. The molecule has 3 rings (SSSR count). The molecule has 1 saturated heterocycles. The molecule has 0 saturated carbocycles. The number of nitriles is 1. The van der Waals surface area contributed by atoms with E-state index in [4.69, 9.17) is 20.4 Å². The molecule has 50 heavy (non-hydrogen) atoms. The van der Waals surface area contributed by atoms with Gasteiger partial charge in [-0.2, -0.15) is 5.26 Å². The van der Waals surface area contributed by atoms with E-state index in [1.165, 1.54) is 38.8 Å². The first kappa shape index (κ1) is 37.9. The molecular weight excluding hydrogens is 668 g/mol. The summed E-state index contributed by atoms with van der Waals surface area (Å²) < 4.78 is 2.50. The maximum absolute atomic E-state index is 13.5. The number of carbonyl (C=O) groups is 8. The van der Waals surface area contributed by atoms with Crippen LogP contribution in [0.5, 0.6) is 0 Å². The normalized spacial score (nSPS) is 13.6. The molecule has 5 amide bonds. The van der Waals surface area contributed by atoms with Crippen molar-refractivity contribution in [3.05, 3.63) is 36.4 Å². The number of rotatable bonds is 18. The highest BCUT2D eigenvalue weighted by Crippen LogP contribution is 2.16. The number of nitrogens with one attached hydrogen (secondary N) is 1. The Morgan fingerprint density at radius 2 is 1.20 bits per heavy atom. The zero-order valence-corrected chi connectivity index (χ0v) is 26.5. The van der Waals surface area contributed by atoms with Crippen molar-refractivity contribution in [1.29, 1.82) is 5.26 Å². The van der Waals surface area contributed by atoms with Gasteiger partial charge in [0, 0.05) is 31.3 Å². The SMILES string of the molecule is N#C[C@@H]1CCCN1C(=O)CNC(=O)N(Cc1nccn1CC(=O)N(CC(=O)O)CC(=O)O)Cc1nccn1CC(=O)N(CC(=O)O)CC(=O)O. The Morgan fingerprint density at radius 3 is 1.60 bits per heavy atom. The van der Waals surface area contributed by atoms with Crippen molar-refractivity contribution in [2.24, 2.45) is 0 Å². The highest BCUT2D eigenvalue weighted by atomic mass is 16.4. The van der Waals surface area contributed by atoms with Crippen LogP contribution >= 0.6 is 0 Å². The second-order valence-electron chi connectivity index (χ2n) is 10.9. The number of hydrogen-bond acceptors (Lipinski definition) is 11. The molecule has 1 atom stereocenters. The molecule has 2 aromatic rings.